The Morgan fingerprint density at radius 1 is 1.15 bits per heavy atom. The molecule has 2 fully saturated rings. The van der Waals surface area contributed by atoms with Gasteiger partial charge in [0, 0.05) is 43.2 Å². The van der Waals surface area contributed by atoms with Crippen LogP contribution in [0.15, 0.2) is 36.7 Å². The number of nitrogens with one attached hydrogen (secondary N) is 3. The molecule has 1 aliphatic heterocycles. The van der Waals surface area contributed by atoms with E-state index in [-0.39, 0.29) is 42.1 Å². The maximum atomic E-state index is 13.2. The number of aromatic nitrogens is 2. The van der Waals surface area contributed by atoms with E-state index in [1.54, 1.807) is 41.6 Å². The average Bonchev–Trinajstić information content (AvgIpc) is 3.41. The van der Waals surface area contributed by atoms with Crippen molar-refractivity contribution < 1.29 is 19.1 Å². The molecule has 2 heterocycles. The second-order valence-electron chi connectivity index (χ2n) is 11.2. The van der Waals surface area contributed by atoms with Crippen LogP contribution in [0.1, 0.15) is 70.7 Å². The molecular formula is C29H38N6O4. The third kappa shape index (κ3) is 7.40. The number of benzene rings is 1. The fourth-order valence-electron chi connectivity index (χ4n) is 5.45. The molecule has 2 atom stereocenters. The molecule has 3 N–H and O–H groups in total. The third-order valence-electron chi connectivity index (χ3n) is 7.46. The highest BCUT2D eigenvalue weighted by Crippen LogP contribution is 2.35. The highest BCUT2D eigenvalue weighted by Gasteiger charge is 2.36. The summed E-state index contributed by atoms with van der Waals surface area (Å²) < 4.78 is 5.76. The van der Waals surface area contributed by atoms with Gasteiger partial charge in [0.1, 0.15) is 24.1 Å². The molecule has 1 unspecified atom stereocenters. The number of Topliss-reactive ketones (excluding diaryl/α,β-unsaturated/α-hetero) is 1. The van der Waals surface area contributed by atoms with Crippen LogP contribution in [0.5, 0.6) is 5.75 Å². The molecule has 1 saturated heterocycles. The predicted molar refractivity (Wildman–Crippen MR) is 148 cm³/mol. The molecule has 1 aromatic heterocycles. The van der Waals surface area contributed by atoms with Crippen molar-refractivity contribution in [3.8, 4) is 5.75 Å². The molecule has 2 aliphatic rings. The molecule has 4 rings (SSSR count). The summed E-state index contributed by atoms with van der Waals surface area (Å²) in [6, 6.07) is 6.36. The van der Waals surface area contributed by atoms with E-state index < -0.39 is 11.8 Å². The fourth-order valence-corrected chi connectivity index (χ4v) is 5.45. The standard InChI is InChI=1S/C29H38N6O4/c1-19(36)27(30)22-15-21(39-18-25-31-12-6-13-32-25)9-10-23(22)33-17-26(37)35-14-5-8-24(35)28(38)34-20-7-4-11-29(2,3)16-20/h6,9-10,12-13,15,20,24,30,33H,4-5,7-8,11,14,16-18H2,1-3H3,(H,34,38)/t20?,24-/m0/s1. The van der Waals surface area contributed by atoms with Gasteiger partial charge in [0.05, 0.1) is 6.54 Å². The molecule has 0 spiro atoms. The van der Waals surface area contributed by atoms with Crippen LogP contribution in [0.3, 0.4) is 0 Å². The number of anilines is 1. The maximum absolute atomic E-state index is 13.2. The number of hydrogen-bond donors (Lipinski definition) is 3. The molecule has 10 nitrogen and oxygen atoms in total. The van der Waals surface area contributed by atoms with Crippen molar-refractivity contribution in [2.24, 2.45) is 5.41 Å². The van der Waals surface area contributed by atoms with Crippen molar-refractivity contribution in [1.29, 1.82) is 5.41 Å². The SMILES string of the molecule is CC(=O)C(=N)c1cc(OCc2ncccn2)ccc1NCC(=O)N1CCC[C@H]1C(=O)NC1CCCC(C)(C)C1. The predicted octanol–water partition coefficient (Wildman–Crippen LogP) is 3.50. The largest absolute Gasteiger partial charge is 0.486 e. The Labute approximate surface area is 229 Å². The average molecular weight is 535 g/mol. The summed E-state index contributed by atoms with van der Waals surface area (Å²) in [5.41, 5.74) is 0.820. The van der Waals surface area contributed by atoms with Gasteiger partial charge in [0.25, 0.3) is 0 Å². The molecule has 39 heavy (non-hydrogen) atoms. The lowest BCUT2D eigenvalue weighted by molar-refractivity contribution is -0.137. The molecule has 2 amide bonds. The smallest absolute Gasteiger partial charge is 0.243 e. The van der Waals surface area contributed by atoms with Gasteiger partial charge in [-0.05, 0) is 61.8 Å². The quantitative estimate of drug-likeness (QED) is 0.397. The van der Waals surface area contributed by atoms with E-state index in [1.165, 1.54) is 6.92 Å². The van der Waals surface area contributed by atoms with Crippen molar-refractivity contribution in [2.75, 3.05) is 18.4 Å². The van der Waals surface area contributed by atoms with E-state index >= 15 is 0 Å². The van der Waals surface area contributed by atoms with Gasteiger partial charge in [-0.25, -0.2) is 9.97 Å². The summed E-state index contributed by atoms with van der Waals surface area (Å²) in [5.74, 6) is 0.271. The molecule has 10 heteroatoms. The van der Waals surface area contributed by atoms with Crippen LogP contribution < -0.4 is 15.4 Å². The number of likely N-dealkylation sites (tertiary alicyclic amines) is 1. The summed E-state index contributed by atoms with van der Waals surface area (Å²) in [7, 11) is 0. The maximum Gasteiger partial charge on any atom is 0.243 e. The van der Waals surface area contributed by atoms with Gasteiger partial charge >= 0.3 is 0 Å². The number of ether oxygens (including phenoxy) is 1. The van der Waals surface area contributed by atoms with Crippen LogP contribution in [-0.4, -0.2) is 63.4 Å². The van der Waals surface area contributed by atoms with Crippen LogP contribution in [0.2, 0.25) is 0 Å². The summed E-state index contributed by atoms with van der Waals surface area (Å²) in [4.78, 5) is 48.2. The Kier molecular flexibility index (Phi) is 8.93. The van der Waals surface area contributed by atoms with Gasteiger partial charge in [0.2, 0.25) is 11.8 Å². The van der Waals surface area contributed by atoms with Gasteiger partial charge in [-0.3, -0.25) is 19.8 Å². The molecule has 1 aromatic carbocycles. The fraction of sp³-hybridized carbons (Fsp3) is 0.517. The summed E-state index contributed by atoms with van der Waals surface area (Å²) in [6.07, 6.45) is 8.84. The van der Waals surface area contributed by atoms with Gasteiger partial charge in [-0.2, -0.15) is 0 Å². The van der Waals surface area contributed by atoms with Crippen LogP contribution >= 0.6 is 0 Å². The van der Waals surface area contributed by atoms with Gasteiger partial charge in [0.15, 0.2) is 11.6 Å². The lowest BCUT2D eigenvalue weighted by atomic mass is 9.75. The van der Waals surface area contributed by atoms with Crippen LogP contribution in [-0.2, 0) is 21.0 Å². The molecule has 208 valence electrons. The molecule has 1 aliphatic carbocycles. The Balaban J connectivity index is 1.39. The highest BCUT2D eigenvalue weighted by atomic mass is 16.5. The zero-order chi connectivity index (χ0) is 28.0. The van der Waals surface area contributed by atoms with E-state index in [0.717, 1.165) is 32.1 Å². The van der Waals surface area contributed by atoms with Crippen molar-refractivity contribution >= 4 is 29.0 Å². The molecule has 1 saturated carbocycles. The number of ketones is 1. The van der Waals surface area contributed by atoms with Crippen molar-refractivity contribution in [3.63, 3.8) is 0 Å². The van der Waals surface area contributed by atoms with E-state index in [2.05, 4.69) is 34.4 Å². The first kappa shape index (κ1) is 28.2. The van der Waals surface area contributed by atoms with E-state index in [9.17, 15) is 14.4 Å². The first-order valence-electron chi connectivity index (χ1n) is 13.6. The van der Waals surface area contributed by atoms with Gasteiger partial charge in [-0.15, -0.1) is 0 Å². The minimum atomic E-state index is -0.477. The van der Waals surface area contributed by atoms with Gasteiger partial charge < -0.3 is 20.3 Å². The molecular weight excluding hydrogens is 496 g/mol. The number of amides is 2. The lowest BCUT2D eigenvalue weighted by Crippen LogP contribution is -2.51. The van der Waals surface area contributed by atoms with E-state index in [0.29, 0.717) is 35.8 Å². The van der Waals surface area contributed by atoms with Crippen molar-refractivity contribution in [1.82, 2.24) is 20.2 Å². The Morgan fingerprint density at radius 3 is 2.64 bits per heavy atom. The van der Waals surface area contributed by atoms with Crippen LogP contribution in [0.4, 0.5) is 5.69 Å². The number of nitrogens with zero attached hydrogens (tertiary/aromatic N) is 3. The van der Waals surface area contributed by atoms with Gasteiger partial charge in [-0.1, -0.05) is 20.3 Å². The zero-order valence-electron chi connectivity index (χ0n) is 23.0. The Morgan fingerprint density at radius 2 is 1.92 bits per heavy atom. The number of rotatable bonds is 10. The van der Waals surface area contributed by atoms with Crippen molar-refractivity contribution in [3.05, 3.63) is 48.0 Å². The summed E-state index contributed by atoms with van der Waals surface area (Å²) in [5, 5.41) is 14.6. The lowest BCUT2D eigenvalue weighted by Gasteiger charge is -2.36. The van der Waals surface area contributed by atoms with E-state index in [1.807, 2.05) is 0 Å². The first-order chi connectivity index (χ1) is 18.6. The highest BCUT2D eigenvalue weighted by molar-refractivity contribution is 6.45. The first-order valence-corrected chi connectivity index (χ1v) is 13.6. The van der Waals surface area contributed by atoms with Crippen LogP contribution in [0.25, 0.3) is 0 Å². The summed E-state index contributed by atoms with van der Waals surface area (Å²) in [6.45, 7) is 6.40. The zero-order valence-corrected chi connectivity index (χ0v) is 23.0. The minimum absolute atomic E-state index is 0.0590. The molecule has 0 radical (unpaired) electrons. The van der Waals surface area contributed by atoms with Crippen LogP contribution in [0, 0.1) is 10.8 Å². The van der Waals surface area contributed by atoms with E-state index in [4.69, 9.17) is 10.1 Å². The second-order valence-corrected chi connectivity index (χ2v) is 11.2. The minimum Gasteiger partial charge on any atom is -0.486 e. The number of carbonyl (C=O) groups is 3. The summed E-state index contributed by atoms with van der Waals surface area (Å²) >= 11 is 0. The second kappa shape index (κ2) is 12.4. The monoisotopic (exact) mass is 534 g/mol. The normalized spacial score (nSPS) is 20.2. The number of hydrogen-bond acceptors (Lipinski definition) is 8. The molecule has 2 aromatic rings. The Bertz CT molecular complexity index is 1220. The third-order valence-corrected chi connectivity index (χ3v) is 7.46. The number of carbonyl (C=O) groups excluding carboxylic acids is 3. The molecule has 0 bridgehead atoms. The topological polar surface area (TPSA) is 137 Å². The Hall–Kier alpha value is -3.82. The van der Waals surface area contributed by atoms with Crippen molar-refractivity contribution in [2.45, 2.75) is 78.0 Å².